The number of aromatic nitrogens is 1. The minimum Gasteiger partial charge on any atom is -0.389 e. The Morgan fingerprint density at radius 2 is 2.39 bits per heavy atom. The highest BCUT2D eigenvalue weighted by molar-refractivity contribution is 5.38. The first-order chi connectivity index (χ1) is 8.66. The summed E-state index contributed by atoms with van der Waals surface area (Å²) in [5.41, 5.74) is 0.855. The van der Waals surface area contributed by atoms with Gasteiger partial charge in [-0.05, 0) is 37.3 Å². The highest BCUT2D eigenvalue weighted by Gasteiger charge is 2.16. The second-order valence-electron chi connectivity index (χ2n) is 5.09. The fraction of sp³-hybridized carbons (Fsp3) is 0.643. The summed E-state index contributed by atoms with van der Waals surface area (Å²) in [5, 5.41) is 9.44. The van der Waals surface area contributed by atoms with Crippen molar-refractivity contribution in [3.63, 3.8) is 0 Å². The molecule has 0 saturated carbocycles. The monoisotopic (exact) mass is 250 g/mol. The number of anilines is 1. The Bertz CT molecular complexity index is 359. The molecule has 0 bridgehead atoms. The SMILES string of the molecule is C[C@@H](O)c1ccc(N(C)CC2CCCOC2)nc1. The number of hydrogen-bond donors (Lipinski definition) is 1. The van der Waals surface area contributed by atoms with Crippen molar-refractivity contribution < 1.29 is 9.84 Å². The summed E-state index contributed by atoms with van der Waals surface area (Å²) < 4.78 is 5.49. The van der Waals surface area contributed by atoms with Crippen molar-refractivity contribution in [1.29, 1.82) is 0 Å². The van der Waals surface area contributed by atoms with Crippen LogP contribution in [0.4, 0.5) is 5.82 Å². The maximum atomic E-state index is 9.44. The normalized spacial score (nSPS) is 21.6. The maximum absolute atomic E-state index is 9.44. The zero-order valence-electron chi connectivity index (χ0n) is 11.2. The molecule has 1 aromatic heterocycles. The van der Waals surface area contributed by atoms with Gasteiger partial charge in [0.15, 0.2) is 0 Å². The summed E-state index contributed by atoms with van der Waals surface area (Å²) in [6.45, 7) is 4.48. The van der Waals surface area contributed by atoms with Crippen molar-refractivity contribution in [2.24, 2.45) is 5.92 Å². The lowest BCUT2D eigenvalue weighted by atomic mass is 10.0. The van der Waals surface area contributed by atoms with Gasteiger partial charge in [-0.1, -0.05) is 6.07 Å². The molecular formula is C14H22N2O2. The smallest absolute Gasteiger partial charge is 0.128 e. The average molecular weight is 250 g/mol. The van der Waals surface area contributed by atoms with Crippen LogP contribution in [-0.2, 0) is 4.74 Å². The van der Waals surface area contributed by atoms with Crippen molar-refractivity contribution in [3.05, 3.63) is 23.9 Å². The van der Waals surface area contributed by atoms with Gasteiger partial charge >= 0.3 is 0 Å². The van der Waals surface area contributed by atoms with Crippen LogP contribution in [0.3, 0.4) is 0 Å². The quantitative estimate of drug-likeness (QED) is 0.887. The van der Waals surface area contributed by atoms with Crippen LogP contribution in [0.1, 0.15) is 31.4 Å². The van der Waals surface area contributed by atoms with E-state index >= 15 is 0 Å². The standard InChI is InChI=1S/C14H22N2O2/c1-11(17)13-5-6-14(15-8-13)16(2)9-12-4-3-7-18-10-12/h5-6,8,11-12,17H,3-4,7,9-10H2,1-2H3/t11-,12?/m1/s1. The molecule has 1 aliphatic rings. The van der Waals surface area contributed by atoms with E-state index in [-0.39, 0.29) is 0 Å². The van der Waals surface area contributed by atoms with E-state index < -0.39 is 6.10 Å². The van der Waals surface area contributed by atoms with Gasteiger partial charge in [0.05, 0.1) is 12.7 Å². The zero-order chi connectivity index (χ0) is 13.0. The molecule has 4 heteroatoms. The van der Waals surface area contributed by atoms with Crippen LogP contribution in [0, 0.1) is 5.92 Å². The van der Waals surface area contributed by atoms with E-state index in [2.05, 4.69) is 16.9 Å². The summed E-state index contributed by atoms with van der Waals surface area (Å²) >= 11 is 0. The van der Waals surface area contributed by atoms with Gasteiger partial charge in [0.2, 0.25) is 0 Å². The lowest BCUT2D eigenvalue weighted by molar-refractivity contribution is 0.0576. The van der Waals surface area contributed by atoms with Gasteiger partial charge in [0, 0.05) is 26.4 Å². The summed E-state index contributed by atoms with van der Waals surface area (Å²) in [5.74, 6) is 1.55. The van der Waals surface area contributed by atoms with Crippen molar-refractivity contribution in [1.82, 2.24) is 4.98 Å². The Balaban J connectivity index is 1.93. The number of aliphatic hydroxyl groups is 1. The third kappa shape index (κ3) is 3.43. The number of rotatable bonds is 4. The van der Waals surface area contributed by atoms with Crippen LogP contribution < -0.4 is 4.90 Å². The third-order valence-corrected chi connectivity index (χ3v) is 3.43. The Labute approximate surface area is 109 Å². The predicted octanol–water partition coefficient (Wildman–Crippen LogP) is 2.00. The van der Waals surface area contributed by atoms with Crippen molar-refractivity contribution in [2.45, 2.75) is 25.9 Å². The van der Waals surface area contributed by atoms with E-state index in [1.165, 1.54) is 6.42 Å². The molecule has 2 rings (SSSR count). The molecule has 0 spiro atoms. The third-order valence-electron chi connectivity index (χ3n) is 3.43. The van der Waals surface area contributed by atoms with Crippen LogP contribution in [0.5, 0.6) is 0 Å². The number of nitrogens with zero attached hydrogens (tertiary/aromatic N) is 2. The van der Waals surface area contributed by atoms with Crippen LogP contribution in [0.15, 0.2) is 18.3 Å². The molecule has 100 valence electrons. The second-order valence-corrected chi connectivity index (χ2v) is 5.09. The molecule has 1 aliphatic heterocycles. The molecular weight excluding hydrogens is 228 g/mol. The van der Waals surface area contributed by atoms with E-state index in [0.717, 1.165) is 37.6 Å². The van der Waals surface area contributed by atoms with Gasteiger partial charge < -0.3 is 14.7 Å². The highest BCUT2D eigenvalue weighted by atomic mass is 16.5. The number of ether oxygens (including phenoxy) is 1. The fourth-order valence-electron chi connectivity index (χ4n) is 2.30. The first kappa shape index (κ1) is 13.3. The van der Waals surface area contributed by atoms with Gasteiger partial charge in [0.1, 0.15) is 5.82 Å². The van der Waals surface area contributed by atoms with E-state index in [0.29, 0.717) is 5.92 Å². The summed E-state index contributed by atoms with van der Waals surface area (Å²) in [7, 11) is 2.05. The van der Waals surface area contributed by atoms with E-state index in [1.54, 1.807) is 13.1 Å². The van der Waals surface area contributed by atoms with E-state index in [4.69, 9.17) is 4.74 Å². The number of aliphatic hydroxyl groups excluding tert-OH is 1. The summed E-state index contributed by atoms with van der Waals surface area (Å²) in [6.07, 6.45) is 3.68. The molecule has 2 heterocycles. The summed E-state index contributed by atoms with van der Waals surface area (Å²) in [4.78, 5) is 6.55. The molecule has 0 aromatic carbocycles. The molecule has 18 heavy (non-hydrogen) atoms. The molecule has 1 saturated heterocycles. The van der Waals surface area contributed by atoms with Crippen molar-refractivity contribution in [3.8, 4) is 0 Å². The molecule has 1 aromatic rings. The fourth-order valence-corrected chi connectivity index (χ4v) is 2.30. The van der Waals surface area contributed by atoms with Gasteiger partial charge in [0.25, 0.3) is 0 Å². The molecule has 0 amide bonds. The zero-order valence-corrected chi connectivity index (χ0v) is 11.2. The molecule has 2 atom stereocenters. The Morgan fingerprint density at radius 3 is 2.94 bits per heavy atom. The Hall–Kier alpha value is -1.13. The molecule has 0 aliphatic carbocycles. The van der Waals surface area contributed by atoms with Gasteiger partial charge in [-0.3, -0.25) is 0 Å². The Kier molecular flexibility index (Phi) is 4.55. The molecule has 0 radical (unpaired) electrons. The van der Waals surface area contributed by atoms with Crippen molar-refractivity contribution in [2.75, 3.05) is 31.7 Å². The Morgan fingerprint density at radius 1 is 1.56 bits per heavy atom. The highest BCUT2D eigenvalue weighted by Crippen LogP contribution is 2.19. The molecule has 4 nitrogen and oxygen atoms in total. The van der Waals surface area contributed by atoms with Crippen LogP contribution in [-0.4, -0.2) is 36.9 Å². The average Bonchev–Trinajstić information content (AvgIpc) is 2.40. The van der Waals surface area contributed by atoms with Crippen LogP contribution in [0.25, 0.3) is 0 Å². The van der Waals surface area contributed by atoms with E-state index in [1.807, 2.05) is 12.1 Å². The van der Waals surface area contributed by atoms with E-state index in [9.17, 15) is 5.11 Å². The minimum absolute atomic E-state index is 0.455. The lowest BCUT2D eigenvalue weighted by Crippen LogP contribution is -2.31. The van der Waals surface area contributed by atoms with Crippen LogP contribution in [0.2, 0.25) is 0 Å². The number of pyridine rings is 1. The van der Waals surface area contributed by atoms with Gasteiger partial charge in [-0.15, -0.1) is 0 Å². The summed E-state index contributed by atoms with van der Waals surface area (Å²) in [6, 6.07) is 3.90. The second kappa shape index (κ2) is 6.16. The topological polar surface area (TPSA) is 45.6 Å². The molecule has 1 N–H and O–H groups in total. The van der Waals surface area contributed by atoms with Gasteiger partial charge in [-0.2, -0.15) is 0 Å². The first-order valence-electron chi connectivity index (χ1n) is 6.59. The van der Waals surface area contributed by atoms with Crippen LogP contribution >= 0.6 is 0 Å². The van der Waals surface area contributed by atoms with Crippen molar-refractivity contribution >= 4 is 5.82 Å². The first-order valence-corrected chi connectivity index (χ1v) is 6.59. The minimum atomic E-state index is -0.455. The maximum Gasteiger partial charge on any atom is 0.128 e. The predicted molar refractivity (Wildman–Crippen MR) is 71.7 cm³/mol. The van der Waals surface area contributed by atoms with Gasteiger partial charge in [-0.25, -0.2) is 4.98 Å². The molecule has 1 unspecified atom stereocenters. The number of hydrogen-bond acceptors (Lipinski definition) is 4. The largest absolute Gasteiger partial charge is 0.389 e. The lowest BCUT2D eigenvalue weighted by Gasteiger charge is -2.27. The molecule has 1 fully saturated rings.